The molecule has 0 spiro atoms. The fraction of sp³-hybridized carbons (Fsp3) is 0.630. The average Bonchev–Trinajstić information content (AvgIpc) is 3.65. The van der Waals surface area contributed by atoms with Gasteiger partial charge in [-0.25, -0.2) is 14.5 Å². The molecule has 18 heteroatoms. The molecule has 2 fully saturated rings. The highest BCUT2D eigenvalue weighted by Crippen LogP contribution is 2.42. The van der Waals surface area contributed by atoms with E-state index in [-0.39, 0.29) is 29.9 Å². The number of nitrogens with one attached hydrogen (secondary N) is 1. The summed E-state index contributed by atoms with van der Waals surface area (Å²) in [5, 5.41) is 16.9. The van der Waals surface area contributed by atoms with Crippen LogP contribution in [-0.2, 0) is 41.6 Å². The molecular weight excluding hydrogens is 643 g/mol. The topological polar surface area (TPSA) is 188 Å². The zero-order valence-corrected chi connectivity index (χ0v) is 27.8. The number of aromatic nitrogens is 5. The number of thiazole rings is 1. The number of anilines is 1. The number of thioether (sulfide) groups is 2. The average molecular weight is 680 g/mol. The van der Waals surface area contributed by atoms with Crippen molar-refractivity contribution >= 4 is 63.7 Å². The number of tetrazole rings is 1. The predicted molar refractivity (Wildman–Crippen MR) is 168 cm³/mol. The van der Waals surface area contributed by atoms with Gasteiger partial charge in [-0.05, 0) is 42.9 Å². The Kier molecular flexibility index (Phi) is 11.0. The Labute approximate surface area is 273 Å². The number of nitrogens with two attached hydrogens (primary N) is 1. The van der Waals surface area contributed by atoms with Crippen LogP contribution in [0.25, 0.3) is 0 Å². The molecule has 2 aromatic heterocycles. The van der Waals surface area contributed by atoms with Crippen LogP contribution in [0.1, 0.15) is 44.7 Å². The number of ether oxygens (including phenoxy) is 2. The van der Waals surface area contributed by atoms with Crippen molar-refractivity contribution in [3.63, 3.8) is 0 Å². The zero-order valence-electron chi connectivity index (χ0n) is 25.3. The predicted octanol–water partition coefficient (Wildman–Crippen LogP) is 1.27. The van der Waals surface area contributed by atoms with Gasteiger partial charge in [0.25, 0.3) is 5.91 Å². The van der Waals surface area contributed by atoms with Crippen molar-refractivity contribution in [2.75, 3.05) is 37.9 Å². The summed E-state index contributed by atoms with van der Waals surface area (Å²) in [4.78, 5) is 60.0. The summed E-state index contributed by atoms with van der Waals surface area (Å²) in [6.45, 7) is 2.81. The Balaban J connectivity index is 1.29. The van der Waals surface area contributed by atoms with Crippen molar-refractivity contribution in [1.82, 2.24) is 40.3 Å². The van der Waals surface area contributed by atoms with Gasteiger partial charge in [-0.15, -0.1) is 28.2 Å². The van der Waals surface area contributed by atoms with Crippen molar-refractivity contribution in [2.24, 2.45) is 5.92 Å². The fourth-order valence-corrected chi connectivity index (χ4v) is 8.24. The summed E-state index contributed by atoms with van der Waals surface area (Å²) >= 11 is 4.02. The number of esters is 2. The Morgan fingerprint density at radius 3 is 2.71 bits per heavy atom. The molecule has 4 heterocycles. The van der Waals surface area contributed by atoms with Crippen molar-refractivity contribution in [3.8, 4) is 0 Å². The monoisotopic (exact) mass is 679 g/mol. The third kappa shape index (κ3) is 8.14. The molecule has 5 rings (SSSR count). The highest BCUT2D eigenvalue weighted by atomic mass is 32.2. The van der Waals surface area contributed by atoms with E-state index in [0.29, 0.717) is 39.6 Å². The first kappa shape index (κ1) is 33.2. The van der Waals surface area contributed by atoms with Gasteiger partial charge in [0.05, 0.1) is 24.6 Å². The fourth-order valence-electron chi connectivity index (χ4n) is 5.29. The molecular formula is C27H37N9O6S3. The van der Waals surface area contributed by atoms with E-state index in [2.05, 4.69) is 25.8 Å². The number of β-lactam (4-membered cyclic amide) rings is 1. The Morgan fingerprint density at radius 2 is 2.00 bits per heavy atom. The van der Waals surface area contributed by atoms with E-state index in [1.54, 1.807) is 10.1 Å². The van der Waals surface area contributed by atoms with Crippen molar-refractivity contribution < 1.29 is 28.7 Å². The lowest BCUT2D eigenvalue weighted by molar-refractivity contribution is -0.187. The summed E-state index contributed by atoms with van der Waals surface area (Å²) in [5.74, 6) is -1.46. The third-order valence-electron chi connectivity index (χ3n) is 7.60. The molecule has 0 aromatic carbocycles. The van der Waals surface area contributed by atoms with Crippen molar-refractivity contribution in [1.29, 1.82) is 0 Å². The normalized spacial score (nSPS) is 20.9. The smallest absolute Gasteiger partial charge is 0.358 e. The molecule has 244 valence electrons. The van der Waals surface area contributed by atoms with Gasteiger partial charge in [-0.1, -0.05) is 31.0 Å². The van der Waals surface area contributed by atoms with E-state index in [1.165, 1.54) is 46.7 Å². The minimum atomic E-state index is -1.14. The second-order valence-corrected chi connectivity index (χ2v) is 14.2. The number of fused-ring (bicyclic) bond motifs is 1. The summed E-state index contributed by atoms with van der Waals surface area (Å²) in [5.41, 5.74) is 6.92. The number of nitrogens with zero attached hydrogens (tertiary/aromatic N) is 7. The maximum atomic E-state index is 13.6. The highest BCUT2D eigenvalue weighted by Gasteiger charge is 2.54. The third-order valence-corrected chi connectivity index (χ3v) is 10.7. The molecule has 3 aliphatic rings. The van der Waals surface area contributed by atoms with Gasteiger partial charge in [0.15, 0.2) is 5.13 Å². The number of rotatable bonds is 13. The van der Waals surface area contributed by atoms with Crippen LogP contribution in [0.3, 0.4) is 0 Å². The SMILES string of the molecule is CC(OC(=O)C1=C(CSc2nnnn2CCN(C)C)CS[C@@H]2[C@H](NC(=O)Cc3csc(N)n3)C(=O)N12)OC(=O)C1CCCCC1. The standard InChI is InChI=1S/C27H37N9O6S3/c1-15(41-24(39)16-7-5-4-6-8-16)42-25(40)21-17(13-45-27-31-32-33-35(27)10-9-34(2)3)12-43-23-20(22(38)36(21)23)30-19(37)11-18-14-44-26(28)29-18/h14-16,20,23H,4-13H2,1-3H3,(H2,28,29)(H,30,37)/t15?,20-,23-/m1/s1. The van der Waals surface area contributed by atoms with Gasteiger partial charge in [0, 0.05) is 30.4 Å². The van der Waals surface area contributed by atoms with E-state index in [9.17, 15) is 19.2 Å². The number of likely N-dealkylation sites (N-methyl/N-ethyl adjacent to an activating group) is 1. The second-order valence-electron chi connectivity index (χ2n) is 11.3. The van der Waals surface area contributed by atoms with Gasteiger partial charge >= 0.3 is 11.9 Å². The van der Waals surface area contributed by atoms with Gasteiger partial charge in [0.1, 0.15) is 17.1 Å². The molecule has 45 heavy (non-hydrogen) atoms. The van der Waals surface area contributed by atoms with Crippen LogP contribution in [0.2, 0.25) is 0 Å². The Bertz CT molecular complexity index is 1440. The summed E-state index contributed by atoms with van der Waals surface area (Å²) in [6, 6.07) is -0.824. The molecule has 1 unspecified atom stereocenters. The van der Waals surface area contributed by atoms with Gasteiger partial charge in [-0.3, -0.25) is 19.3 Å². The van der Waals surface area contributed by atoms with Gasteiger partial charge in [0.2, 0.25) is 17.4 Å². The zero-order chi connectivity index (χ0) is 32.1. The molecule has 2 aliphatic heterocycles. The number of hydrogen-bond donors (Lipinski definition) is 2. The molecule has 1 aliphatic carbocycles. The van der Waals surface area contributed by atoms with Crippen LogP contribution < -0.4 is 11.1 Å². The molecule has 2 aromatic rings. The number of carbonyl (C=O) groups excluding carboxylic acids is 4. The minimum absolute atomic E-state index is 0.0199. The lowest BCUT2D eigenvalue weighted by atomic mass is 9.89. The Hall–Kier alpha value is -3.22. The maximum absolute atomic E-state index is 13.6. The van der Waals surface area contributed by atoms with Crippen LogP contribution in [0.15, 0.2) is 21.8 Å². The molecule has 1 saturated carbocycles. The van der Waals surface area contributed by atoms with Gasteiger partial charge < -0.3 is 25.4 Å². The number of hydrogen-bond acceptors (Lipinski definition) is 15. The van der Waals surface area contributed by atoms with E-state index in [0.717, 1.165) is 38.6 Å². The molecule has 0 bridgehead atoms. The first-order chi connectivity index (χ1) is 21.6. The van der Waals surface area contributed by atoms with Crippen LogP contribution in [0, 0.1) is 5.92 Å². The lowest BCUT2D eigenvalue weighted by Crippen LogP contribution is -2.70. The van der Waals surface area contributed by atoms with Crippen LogP contribution in [0.5, 0.6) is 0 Å². The number of carbonyl (C=O) groups is 4. The largest absolute Gasteiger partial charge is 0.425 e. The first-order valence-corrected chi connectivity index (χ1v) is 17.6. The van der Waals surface area contributed by atoms with Gasteiger partial charge in [-0.2, -0.15) is 0 Å². The maximum Gasteiger partial charge on any atom is 0.358 e. The lowest BCUT2D eigenvalue weighted by Gasteiger charge is -2.49. The minimum Gasteiger partial charge on any atom is -0.425 e. The van der Waals surface area contributed by atoms with Crippen LogP contribution in [0.4, 0.5) is 5.13 Å². The van der Waals surface area contributed by atoms with E-state index in [4.69, 9.17) is 15.2 Å². The molecule has 3 atom stereocenters. The van der Waals surface area contributed by atoms with E-state index in [1.807, 2.05) is 19.0 Å². The van der Waals surface area contributed by atoms with Crippen molar-refractivity contribution in [2.45, 2.75) is 74.9 Å². The number of nitrogen functional groups attached to an aromatic ring is 1. The summed E-state index contributed by atoms with van der Waals surface area (Å²) < 4.78 is 12.8. The summed E-state index contributed by atoms with van der Waals surface area (Å²) in [7, 11) is 3.91. The summed E-state index contributed by atoms with van der Waals surface area (Å²) in [6.07, 6.45) is 3.37. The van der Waals surface area contributed by atoms with Crippen LogP contribution in [-0.4, -0.2) is 109 Å². The highest BCUT2D eigenvalue weighted by molar-refractivity contribution is 8.01. The molecule has 3 N–H and O–H groups in total. The quantitative estimate of drug-likeness (QED) is 0.133. The van der Waals surface area contributed by atoms with Crippen LogP contribution >= 0.6 is 34.9 Å². The Morgan fingerprint density at radius 1 is 1.22 bits per heavy atom. The van der Waals surface area contributed by atoms with E-state index >= 15 is 0 Å². The van der Waals surface area contributed by atoms with Crippen molar-refractivity contribution in [3.05, 3.63) is 22.3 Å². The first-order valence-electron chi connectivity index (χ1n) is 14.7. The molecule has 15 nitrogen and oxygen atoms in total. The molecule has 2 amide bonds. The number of amides is 2. The van der Waals surface area contributed by atoms with E-state index < -0.39 is 29.6 Å². The molecule has 1 saturated heterocycles. The second kappa shape index (κ2) is 14.9. The molecule has 0 radical (unpaired) electrons.